The fourth-order valence-corrected chi connectivity index (χ4v) is 2.01. The van der Waals surface area contributed by atoms with Crippen molar-refractivity contribution in [3.63, 3.8) is 0 Å². The van der Waals surface area contributed by atoms with Crippen LogP contribution in [0.1, 0.15) is 22.3 Å². The highest BCUT2D eigenvalue weighted by Crippen LogP contribution is 2.16. The van der Waals surface area contributed by atoms with Gasteiger partial charge >= 0.3 is 0 Å². The van der Waals surface area contributed by atoms with Crippen LogP contribution in [0.4, 0.5) is 0 Å². The van der Waals surface area contributed by atoms with Crippen molar-refractivity contribution in [1.82, 2.24) is 5.32 Å². The van der Waals surface area contributed by atoms with E-state index in [0.717, 1.165) is 23.7 Å². The summed E-state index contributed by atoms with van der Waals surface area (Å²) in [4.78, 5) is 0. The van der Waals surface area contributed by atoms with Gasteiger partial charge in [0.15, 0.2) is 0 Å². The highest BCUT2D eigenvalue weighted by Gasteiger charge is 1.98. The van der Waals surface area contributed by atoms with E-state index in [1.807, 2.05) is 13.0 Å². The number of rotatable bonds is 4. The van der Waals surface area contributed by atoms with Gasteiger partial charge in [-0.05, 0) is 36.6 Å². The molecule has 0 aromatic heterocycles. The second-order valence-electron chi connectivity index (χ2n) is 4.67. The Kier molecular flexibility index (Phi) is 4.40. The summed E-state index contributed by atoms with van der Waals surface area (Å²) < 4.78 is 0. The maximum Gasteiger partial charge on any atom is 0.0438 e. The number of halogens is 1. The van der Waals surface area contributed by atoms with Crippen LogP contribution in [0, 0.1) is 13.8 Å². The van der Waals surface area contributed by atoms with Gasteiger partial charge in [-0.3, -0.25) is 0 Å². The van der Waals surface area contributed by atoms with Crippen molar-refractivity contribution in [2.75, 3.05) is 0 Å². The van der Waals surface area contributed by atoms with E-state index in [-0.39, 0.29) is 0 Å². The molecule has 0 saturated heterocycles. The summed E-state index contributed by atoms with van der Waals surface area (Å²) in [5.41, 5.74) is 4.94. The molecule has 0 heterocycles. The predicted molar refractivity (Wildman–Crippen MR) is 77.9 cm³/mol. The first-order valence-corrected chi connectivity index (χ1v) is 6.54. The van der Waals surface area contributed by atoms with Crippen LogP contribution in [0.2, 0.25) is 5.02 Å². The van der Waals surface area contributed by atoms with Crippen molar-refractivity contribution in [3.8, 4) is 0 Å². The molecule has 0 fully saturated rings. The predicted octanol–water partition coefficient (Wildman–Crippen LogP) is 4.25. The van der Waals surface area contributed by atoms with E-state index in [1.54, 1.807) is 0 Å². The number of nitrogens with one attached hydrogen (secondary N) is 1. The van der Waals surface area contributed by atoms with Crippen LogP contribution < -0.4 is 5.32 Å². The average molecular weight is 260 g/mol. The van der Waals surface area contributed by atoms with Crippen LogP contribution in [0.5, 0.6) is 0 Å². The number of aryl methyl sites for hydroxylation is 2. The Morgan fingerprint density at radius 3 is 2.17 bits per heavy atom. The molecule has 0 amide bonds. The van der Waals surface area contributed by atoms with Crippen molar-refractivity contribution in [2.24, 2.45) is 0 Å². The third-order valence-electron chi connectivity index (χ3n) is 3.02. The SMILES string of the molecule is Cc1ccc(CNCc2ccc(C)c(Cl)c2)cc1. The molecule has 0 radical (unpaired) electrons. The molecule has 1 nitrogen and oxygen atoms in total. The van der Waals surface area contributed by atoms with Crippen LogP contribution in [0.25, 0.3) is 0 Å². The van der Waals surface area contributed by atoms with Crippen molar-refractivity contribution in [3.05, 3.63) is 69.7 Å². The first-order valence-electron chi connectivity index (χ1n) is 6.16. The van der Waals surface area contributed by atoms with Gasteiger partial charge < -0.3 is 5.32 Å². The van der Waals surface area contributed by atoms with Gasteiger partial charge in [-0.2, -0.15) is 0 Å². The topological polar surface area (TPSA) is 12.0 Å². The van der Waals surface area contributed by atoms with E-state index >= 15 is 0 Å². The molecule has 2 aromatic carbocycles. The van der Waals surface area contributed by atoms with E-state index < -0.39 is 0 Å². The molecular weight excluding hydrogens is 242 g/mol. The zero-order chi connectivity index (χ0) is 13.0. The van der Waals surface area contributed by atoms with Gasteiger partial charge in [-0.25, -0.2) is 0 Å². The molecule has 0 spiro atoms. The Balaban J connectivity index is 1.88. The second-order valence-corrected chi connectivity index (χ2v) is 5.08. The van der Waals surface area contributed by atoms with Gasteiger partial charge in [0.1, 0.15) is 0 Å². The summed E-state index contributed by atoms with van der Waals surface area (Å²) in [6.07, 6.45) is 0. The normalized spacial score (nSPS) is 10.6. The molecule has 2 heteroatoms. The highest BCUT2D eigenvalue weighted by molar-refractivity contribution is 6.31. The lowest BCUT2D eigenvalue weighted by molar-refractivity contribution is 0.693. The summed E-state index contributed by atoms with van der Waals surface area (Å²) in [7, 11) is 0. The van der Waals surface area contributed by atoms with Crippen LogP contribution in [0.3, 0.4) is 0 Å². The standard InChI is InChI=1S/C16H18ClN/c1-12-3-6-14(7-4-12)10-18-11-15-8-5-13(2)16(17)9-15/h3-9,18H,10-11H2,1-2H3. The third kappa shape index (κ3) is 3.59. The zero-order valence-electron chi connectivity index (χ0n) is 10.8. The molecule has 2 rings (SSSR count). The van der Waals surface area contributed by atoms with Gasteiger partial charge in [-0.15, -0.1) is 0 Å². The fraction of sp³-hybridized carbons (Fsp3) is 0.250. The van der Waals surface area contributed by atoms with Crippen LogP contribution in [-0.2, 0) is 13.1 Å². The first kappa shape index (κ1) is 13.1. The van der Waals surface area contributed by atoms with E-state index in [4.69, 9.17) is 11.6 Å². The van der Waals surface area contributed by atoms with E-state index in [2.05, 4.69) is 48.6 Å². The molecule has 0 saturated carbocycles. The second kappa shape index (κ2) is 6.03. The minimum absolute atomic E-state index is 0.838. The molecule has 0 aliphatic rings. The van der Waals surface area contributed by atoms with Crippen molar-refractivity contribution in [1.29, 1.82) is 0 Å². The minimum Gasteiger partial charge on any atom is -0.309 e. The highest BCUT2D eigenvalue weighted by atomic mass is 35.5. The van der Waals surface area contributed by atoms with Gasteiger partial charge in [0.05, 0.1) is 0 Å². The maximum absolute atomic E-state index is 6.10. The molecule has 0 aliphatic heterocycles. The van der Waals surface area contributed by atoms with E-state index in [0.29, 0.717) is 0 Å². The van der Waals surface area contributed by atoms with Gasteiger partial charge in [-0.1, -0.05) is 53.6 Å². The van der Waals surface area contributed by atoms with Crippen LogP contribution in [-0.4, -0.2) is 0 Å². The van der Waals surface area contributed by atoms with E-state index in [9.17, 15) is 0 Å². The Labute approximate surface area is 114 Å². The largest absolute Gasteiger partial charge is 0.309 e. The number of hydrogen-bond donors (Lipinski definition) is 1. The summed E-state index contributed by atoms with van der Waals surface area (Å²) in [5.74, 6) is 0. The molecule has 0 atom stereocenters. The van der Waals surface area contributed by atoms with E-state index in [1.165, 1.54) is 16.7 Å². The van der Waals surface area contributed by atoms with Gasteiger partial charge in [0.25, 0.3) is 0 Å². The van der Waals surface area contributed by atoms with Crippen molar-refractivity contribution >= 4 is 11.6 Å². The Morgan fingerprint density at radius 2 is 1.50 bits per heavy atom. The fourth-order valence-electron chi connectivity index (χ4n) is 1.80. The molecule has 2 aromatic rings. The molecule has 0 unspecified atom stereocenters. The Bertz CT molecular complexity index is 517. The van der Waals surface area contributed by atoms with Crippen molar-refractivity contribution < 1.29 is 0 Å². The maximum atomic E-state index is 6.10. The quantitative estimate of drug-likeness (QED) is 0.866. The molecule has 94 valence electrons. The lowest BCUT2D eigenvalue weighted by Crippen LogP contribution is -2.12. The first-order chi connectivity index (χ1) is 8.65. The summed E-state index contributed by atoms with van der Waals surface area (Å²) in [6.45, 7) is 5.84. The molecule has 0 bridgehead atoms. The third-order valence-corrected chi connectivity index (χ3v) is 3.42. The zero-order valence-corrected chi connectivity index (χ0v) is 11.6. The smallest absolute Gasteiger partial charge is 0.0438 e. The summed E-state index contributed by atoms with van der Waals surface area (Å²) >= 11 is 6.10. The minimum atomic E-state index is 0.838. The van der Waals surface area contributed by atoms with Crippen molar-refractivity contribution in [2.45, 2.75) is 26.9 Å². The van der Waals surface area contributed by atoms with Gasteiger partial charge in [0, 0.05) is 18.1 Å². The van der Waals surface area contributed by atoms with Gasteiger partial charge in [0.2, 0.25) is 0 Å². The number of benzene rings is 2. The average Bonchev–Trinajstić information content (AvgIpc) is 2.36. The monoisotopic (exact) mass is 259 g/mol. The lowest BCUT2D eigenvalue weighted by atomic mass is 10.1. The number of hydrogen-bond acceptors (Lipinski definition) is 1. The van der Waals surface area contributed by atoms with Crippen LogP contribution >= 0.6 is 11.6 Å². The van der Waals surface area contributed by atoms with Crippen LogP contribution in [0.15, 0.2) is 42.5 Å². The Hall–Kier alpha value is -1.31. The molecule has 0 aliphatic carbocycles. The molecule has 18 heavy (non-hydrogen) atoms. The molecule has 1 N–H and O–H groups in total. The summed E-state index contributed by atoms with van der Waals surface area (Å²) in [6, 6.07) is 14.8. The Morgan fingerprint density at radius 1 is 0.889 bits per heavy atom. The molecular formula is C16H18ClN. The lowest BCUT2D eigenvalue weighted by Gasteiger charge is -2.07. The summed E-state index contributed by atoms with van der Waals surface area (Å²) in [5, 5.41) is 4.26.